The maximum Gasteiger partial charge on any atom is 0.280 e. The van der Waals surface area contributed by atoms with Gasteiger partial charge in [0.05, 0.1) is 6.20 Å². The Morgan fingerprint density at radius 1 is 1.60 bits per heavy atom. The number of hydrogen-bond acceptors (Lipinski definition) is 3. The van der Waals surface area contributed by atoms with Gasteiger partial charge in [0, 0.05) is 6.07 Å². The summed E-state index contributed by atoms with van der Waals surface area (Å²) in [4.78, 5) is 13.3. The Balaban J connectivity index is 2.90. The smallest absolute Gasteiger partial charge is 0.280 e. The third-order valence-electron chi connectivity index (χ3n) is 1.88. The van der Waals surface area contributed by atoms with Crippen LogP contribution in [0, 0.1) is 11.3 Å². The van der Waals surface area contributed by atoms with Crippen LogP contribution in [-0.2, 0) is 0 Å². The number of rotatable bonds is 1. The average molecular weight is 210 g/mol. The number of nitrogens with zero attached hydrogens (tertiary/aromatic N) is 3. The highest BCUT2D eigenvalue weighted by molar-refractivity contribution is 5.53. The number of halogens is 2. The standard InChI is InChI=1S/C8H4F2N4O/c9-7(10)5-1-6(15)13-8-4(2-11)3-12-14(5)8/h1,3,7H,(H,13,15). The number of fused-ring (bicyclic) bond motifs is 1. The van der Waals surface area contributed by atoms with Crippen LogP contribution >= 0.6 is 0 Å². The molecule has 2 aromatic heterocycles. The van der Waals surface area contributed by atoms with Gasteiger partial charge < -0.3 is 4.98 Å². The van der Waals surface area contributed by atoms with Crippen LogP contribution in [0.15, 0.2) is 17.1 Å². The lowest BCUT2D eigenvalue weighted by Gasteiger charge is -2.01. The molecule has 1 N–H and O–H groups in total. The molecule has 2 rings (SSSR count). The zero-order valence-corrected chi connectivity index (χ0v) is 7.24. The van der Waals surface area contributed by atoms with Gasteiger partial charge in [-0.2, -0.15) is 10.4 Å². The molecular formula is C8H4F2N4O. The quantitative estimate of drug-likeness (QED) is 0.757. The van der Waals surface area contributed by atoms with Crippen molar-refractivity contribution in [1.82, 2.24) is 14.6 Å². The van der Waals surface area contributed by atoms with E-state index in [2.05, 4.69) is 10.1 Å². The molecule has 15 heavy (non-hydrogen) atoms. The predicted molar refractivity (Wildman–Crippen MR) is 45.5 cm³/mol. The van der Waals surface area contributed by atoms with E-state index in [4.69, 9.17) is 5.26 Å². The largest absolute Gasteiger partial charge is 0.306 e. The summed E-state index contributed by atoms with van der Waals surface area (Å²) in [5, 5.41) is 12.2. The third-order valence-corrected chi connectivity index (χ3v) is 1.88. The highest BCUT2D eigenvalue weighted by Gasteiger charge is 2.15. The third kappa shape index (κ3) is 1.36. The van der Waals surface area contributed by atoms with Crippen molar-refractivity contribution >= 4 is 5.65 Å². The fraction of sp³-hybridized carbons (Fsp3) is 0.125. The van der Waals surface area contributed by atoms with E-state index in [-0.39, 0.29) is 11.2 Å². The van der Waals surface area contributed by atoms with Crippen LogP contribution in [-0.4, -0.2) is 14.6 Å². The molecule has 2 aromatic rings. The molecule has 0 aromatic carbocycles. The van der Waals surface area contributed by atoms with E-state index in [1.807, 2.05) is 0 Å². The van der Waals surface area contributed by atoms with Gasteiger partial charge in [-0.15, -0.1) is 0 Å². The molecule has 0 amide bonds. The molecule has 0 aliphatic rings. The Morgan fingerprint density at radius 3 is 2.93 bits per heavy atom. The first-order valence-electron chi connectivity index (χ1n) is 3.92. The molecule has 0 atom stereocenters. The summed E-state index contributed by atoms with van der Waals surface area (Å²) in [6, 6.07) is 2.50. The molecule has 76 valence electrons. The molecule has 0 fully saturated rings. The first-order chi connectivity index (χ1) is 7.13. The number of H-pyrrole nitrogens is 1. The van der Waals surface area contributed by atoms with Crippen LogP contribution in [0.1, 0.15) is 17.7 Å². The lowest BCUT2D eigenvalue weighted by atomic mass is 10.3. The van der Waals surface area contributed by atoms with Gasteiger partial charge in [-0.05, 0) is 0 Å². The topological polar surface area (TPSA) is 74.0 Å². The van der Waals surface area contributed by atoms with Crippen LogP contribution in [0.25, 0.3) is 5.65 Å². The van der Waals surface area contributed by atoms with Crippen molar-refractivity contribution in [2.75, 3.05) is 0 Å². The van der Waals surface area contributed by atoms with Gasteiger partial charge in [0.1, 0.15) is 17.3 Å². The van der Waals surface area contributed by atoms with Crippen molar-refractivity contribution in [3.63, 3.8) is 0 Å². The zero-order chi connectivity index (χ0) is 11.0. The van der Waals surface area contributed by atoms with Crippen molar-refractivity contribution in [2.24, 2.45) is 0 Å². The number of hydrogen-bond donors (Lipinski definition) is 1. The molecule has 0 spiro atoms. The fourth-order valence-electron chi connectivity index (χ4n) is 1.25. The van der Waals surface area contributed by atoms with E-state index < -0.39 is 17.7 Å². The van der Waals surface area contributed by atoms with Crippen LogP contribution in [0.4, 0.5) is 8.78 Å². The lowest BCUT2D eigenvalue weighted by molar-refractivity contribution is 0.143. The van der Waals surface area contributed by atoms with Gasteiger partial charge in [-0.3, -0.25) is 4.79 Å². The van der Waals surface area contributed by atoms with Crippen molar-refractivity contribution in [2.45, 2.75) is 6.43 Å². The number of aromatic amines is 1. The van der Waals surface area contributed by atoms with Crippen LogP contribution < -0.4 is 5.56 Å². The maximum absolute atomic E-state index is 12.5. The summed E-state index contributed by atoms with van der Waals surface area (Å²) >= 11 is 0. The number of nitriles is 1. The fourth-order valence-corrected chi connectivity index (χ4v) is 1.25. The molecule has 0 saturated carbocycles. The minimum absolute atomic E-state index is 0.0136. The molecule has 5 nitrogen and oxygen atoms in total. The monoisotopic (exact) mass is 210 g/mol. The molecule has 0 unspecified atom stereocenters. The predicted octanol–water partition coefficient (Wildman–Crippen LogP) is 0.832. The Labute approximate surface area is 81.6 Å². The minimum Gasteiger partial charge on any atom is -0.306 e. The summed E-state index contributed by atoms with van der Waals surface area (Å²) in [5.41, 5.74) is -1.18. The zero-order valence-electron chi connectivity index (χ0n) is 7.24. The average Bonchev–Trinajstić information content (AvgIpc) is 2.58. The van der Waals surface area contributed by atoms with E-state index in [0.29, 0.717) is 0 Å². The summed E-state index contributed by atoms with van der Waals surface area (Å²) in [5.74, 6) is 0. The summed E-state index contributed by atoms with van der Waals surface area (Å²) in [7, 11) is 0. The molecule has 0 saturated heterocycles. The van der Waals surface area contributed by atoms with Gasteiger partial charge in [0.2, 0.25) is 0 Å². The highest BCUT2D eigenvalue weighted by Crippen LogP contribution is 2.18. The van der Waals surface area contributed by atoms with E-state index in [0.717, 1.165) is 16.8 Å². The number of nitrogens with one attached hydrogen (secondary N) is 1. The van der Waals surface area contributed by atoms with Gasteiger partial charge >= 0.3 is 0 Å². The van der Waals surface area contributed by atoms with Crippen molar-refractivity contribution in [3.8, 4) is 6.07 Å². The number of alkyl halides is 2. The Hall–Kier alpha value is -2.23. The first-order valence-corrected chi connectivity index (χ1v) is 3.92. The van der Waals surface area contributed by atoms with Crippen LogP contribution in [0.2, 0.25) is 0 Å². The Bertz CT molecular complexity index is 607. The first kappa shape index (κ1) is 9.33. The summed E-state index contributed by atoms with van der Waals surface area (Å²) in [6.07, 6.45) is -1.70. The van der Waals surface area contributed by atoms with Crippen molar-refractivity contribution < 1.29 is 8.78 Å². The van der Waals surface area contributed by atoms with Gasteiger partial charge in [-0.1, -0.05) is 0 Å². The second-order valence-electron chi connectivity index (χ2n) is 2.79. The van der Waals surface area contributed by atoms with Crippen molar-refractivity contribution in [3.05, 3.63) is 33.9 Å². The van der Waals surface area contributed by atoms with E-state index >= 15 is 0 Å². The Kier molecular flexibility index (Phi) is 1.97. The van der Waals surface area contributed by atoms with E-state index in [1.165, 1.54) is 0 Å². The SMILES string of the molecule is N#Cc1cnn2c(C(F)F)cc(=O)[nH]c12. The Morgan fingerprint density at radius 2 is 2.33 bits per heavy atom. The van der Waals surface area contributed by atoms with Crippen LogP contribution in [0.5, 0.6) is 0 Å². The lowest BCUT2D eigenvalue weighted by Crippen LogP contribution is -2.12. The molecule has 7 heteroatoms. The number of aromatic nitrogens is 3. The molecular weight excluding hydrogens is 206 g/mol. The molecule has 2 heterocycles. The molecule has 0 radical (unpaired) electrons. The summed E-state index contributed by atoms with van der Waals surface area (Å²) < 4.78 is 25.8. The molecule has 0 bridgehead atoms. The second kappa shape index (κ2) is 3.16. The summed E-state index contributed by atoms with van der Waals surface area (Å²) in [6.45, 7) is 0. The van der Waals surface area contributed by atoms with E-state index in [9.17, 15) is 13.6 Å². The molecule has 0 aliphatic heterocycles. The minimum atomic E-state index is -2.82. The normalized spacial score (nSPS) is 10.8. The van der Waals surface area contributed by atoms with Crippen molar-refractivity contribution in [1.29, 1.82) is 5.26 Å². The van der Waals surface area contributed by atoms with Gasteiger partial charge in [0.15, 0.2) is 5.65 Å². The van der Waals surface area contributed by atoms with Gasteiger partial charge in [-0.25, -0.2) is 13.3 Å². The molecule has 0 aliphatic carbocycles. The van der Waals surface area contributed by atoms with Crippen LogP contribution in [0.3, 0.4) is 0 Å². The van der Waals surface area contributed by atoms with E-state index in [1.54, 1.807) is 6.07 Å². The highest BCUT2D eigenvalue weighted by atomic mass is 19.3. The van der Waals surface area contributed by atoms with Gasteiger partial charge in [0.25, 0.3) is 12.0 Å². The second-order valence-corrected chi connectivity index (χ2v) is 2.79. The maximum atomic E-state index is 12.5.